The minimum atomic E-state index is -2.46. The van der Waals surface area contributed by atoms with Gasteiger partial charge in [0.05, 0.1) is 24.9 Å². The number of allylic oxidation sites excluding steroid dienone is 6. The molecular weight excluding hydrogens is 973 g/mol. The number of benzene rings is 1. The lowest BCUT2D eigenvalue weighted by molar-refractivity contribution is -0.264. The molecule has 1 aromatic rings. The van der Waals surface area contributed by atoms with Gasteiger partial charge in [-0.2, -0.15) is 0 Å². The van der Waals surface area contributed by atoms with E-state index in [1.807, 2.05) is 82.3 Å². The van der Waals surface area contributed by atoms with Gasteiger partial charge < -0.3 is 54.0 Å². The number of cyclic esters (lactones) is 1. The molecule has 2 bridgehead atoms. The number of methoxy groups -OCH3 is 3. The number of aliphatic hydroxyl groups is 3. The number of carbonyl (C=O) groups is 5. The molecule has 4 N–H and O–H groups in total. The number of esters is 1. The second-order valence-corrected chi connectivity index (χ2v) is 22.3. The van der Waals surface area contributed by atoms with Crippen LogP contribution in [0.15, 0.2) is 71.9 Å². The van der Waals surface area contributed by atoms with E-state index in [9.17, 15) is 39.3 Å². The second kappa shape index (κ2) is 30.1. The summed E-state index contributed by atoms with van der Waals surface area (Å²) in [6.07, 6.45) is 11.7. The van der Waals surface area contributed by atoms with Gasteiger partial charge in [-0.1, -0.05) is 88.8 Å². The molecule has 3 fully saturated rings. The van der Waals surface area contributed by atoms with Crippen LogP contribution in [-0.4, -0.2) is 145 Å². The molecule has 0 spiro atoms. The van der Waals surface area contributed by atoms with Crippen molar-refractivity contribution < 1.29 is 67.7 Å². The summed E-state index contributed by atoms with van der Waals surface area (Å²) < 4.78 is 34.8. The second-order valence-electron chi connectivity index (χ2n) is 22.3. The maximum absolute atomic E-state index is 14.6. The normalized spacial score (nSPS) is 35.1. The summed E-state index contributed by atoms with van der Waals surface area (Å²) in [5.41, 5.74) is 2.34. The molecule has 0 unspecified atom stereocenters. The van der Waals surface area contributed by atoms with E-state index in [0.29, 0.717) is 89.5 Å². The number of hydrogen-bond donors (Lipinski definition) is 4. The van der Waals surface area contributed by atoms with Crippen LogP contribution in [0.2, 0.25) is 0 Å². The van der Waals surface area contributed by atoms with Crippen LogP contribution in [0.25, 0.3) is 0 Å². The van der Waals surface area contributed by atoms with Crippen LogP contribution in [0.4, 0.5) is 0 Å². The molecule has 0 aromatic heterocycles. The Morgan fingerprint density at radius 2 is 1.58 bits per heavy atom. The highest BCUT2D eigenvalue weighted by Crippen LogP contribution is 2.38. The molecule has 1 saturated carbocycles. The third-order valence-electron chi connectivity index (χ3n) is 16.3. The Kier molecular flexibility index (Phi) is 24.7. The van der Waals surface area contributed by atoms with Crippen LogP contribution in [0.5, 0.6) is 5.75 Å². The van der Waals surface area contributed by atoms with Crippen LogP contribution < -0.4 is 10.1 Å². The van der Waals surface area contributed by atoms with Gasteiger partial charge in [0, 0.05) is 64.6 Å². The SMILES string of the molecule is COCCOc1ccc(CN[C@H]2C[C@@H]3CC[C@@H](C)[C@@](O)(O3)C(=O)C(=O)N3CCCC[C@H]3C(=O)O[C@H]([C@H](C)C[C@@H]3CC[C@@H](O)[C@H](OC)C3)CC(=O)[C@H](C)/C=C(\C)[C@@H](O)[C@@H](OC)C(=O)[C@H](C)C[C@H](C)/C=C/C=CC=C2C)cc1. The number of carbonyl (C=O) groups excluding carboxylic acids is 5. The first-order valence-corrected chi connectivity index (χ1v) is 27.8. The quantitative estimate of drug-likeness (QED) is 0.0697. The Bertz CT molecular complexity index is 2190. The van der Waals surface area contributed by atoms with Gasteiger partial charge in [0.15, 0.2) is 5.78 Å². The van der Waals surface area contributed by atoms with E-state index in [1.54, 1.807) is 41.1 Å². The molecule has 4 aliphatic rings. The molecule has 1 amide bonds. The number of piperidine rings is 1. The lowest BCUT2D eigenvalue weighted by Crippen LogP contribution is -2.61. The maximum atomic E-state index is 14.6. The van der Waals surface area contributed by atoms with Crippen LogP contribution in [0, 0.1) is 35.5 Å². The summed E-state index contributed by atoms with van der Waals surface area (Å²) in [7, 11) is 4.57. The topological polar surface area (TPSA) is 217 Å². The van der Waals surface area contributed by atoms with Gasteiger partial charge in [0.1, 0.15) is 42.5 Å². The summed E-state index contributed by atoms with van der Waals surface area (Å²) in [5, 5.41) is 38.0. The maximum Gasteiger partial charge on any atom is 0.329 e. The van der Waals surface area contributed by atoms with Gasteiger partial charge in [0.2, 0.25) is 5.79 Å². The predicted octanol–water partition coefficient (Wildman–Crippen LogP) is 7.35. The number of ether oxygens (including phenoxy) is 6. The number of nitrogens with zero attached hydrogens (tertiary/aromatic N) is 1. The number of ketones is 3. The van der Waals surface area contributed by atoms with E-state index >= 15 is 0 Å². The molecule has 3 heterocycles. The van der Waals surface area contributed by atoms with E-state index in [0.717, 1.165) is 16.9 Å². The summed E-state index contributed by atoms with van der Waals surface area (Å²) in [4.78, 5) is 72.9. The standard InChI is InChI=1S/C60H90N2O14/c1-37-16-12-11-13-17-38(2)48(61-36-44-20-24-46(25-21-44)74-29-28-71-8)34-47-23-19-43(7)60(70,76-47)57(67)58(68)62-27-15-14-18-49(62)59(69)75-52(40(4)32-45-22-26-50(63)53(33-45)72-9)35-51(64)39(3)31-42(6)55(66)56(73-10)54(65)41(5)30-37/h11-13,16-17,20-21,24-25,31,37,39-41,43,45,47-50,52-53,55-56,61,63,66,70H,14-15,18-19,22-23,26-30,32-36H2,1-10H3/b13-11?,16-12+,38-17?,42-31+/t37-,39-,40-,41-,43-,45+,47+,48+,49+,50-,52+,53-,55-,56+,60-/m1/s1. The number of nitrogens with one attached hydrogen (secondary N) is 1. The van der Waals surface area contributed by atoms with Crippen molar-refractivity contribution in [1.29, 1.82) is 0 Å². The Labute approximate surface area is 452 Å². The van der Waals surface area contributed by atoms with E-state index in [1.165, 1.54) is 12.0 Å². The molecule has 1 aromatic carbocycles. The summed E-state index contributed by atoms with van der Waals surface area (Å²) >= 11 is 0. The van der Waals surface area contributed by atoms with Crippen LogP contribution in [0.3, 0.4) is 0 Å². The Balaban J connectivity index is 1.48. The van der Waals surface area contributed by atoms with Crippen molar-refractivity contribution in [3.8, 4) is 5.75 Å². The number of Topliss-reactive ketones (excluding diaryl/α,β-unsaturated/α-hetero) is 3. The average Bonchev–Trinajstić information content (AvgIpc) is 3.40. The highest BCUT2D eigenvalue weighted by Gasteiger charge is 2.53. The summed E-state index contributed by atoms with van der Waals surface area (Å²) in [6, 6.07) is 6.30. The first-order valence-electron chi connectivity index (χ1n) is 27.8. The fourth-order valence-corrected chi connectivity index (χ4v) is 11.3. The van der Waals surface area contributed by atoms with Crippen molar-refractivity contribution in [2.45, 2.75) is 187 Å². The molecule has 16 heteroatoms. The number of hydrogen-bond acceptors (Lipinski definition) is 15. The molecule has 5 rings (SSSR count). The van der Waals surface area contributed by atoms with Gasteiger partial charge in [-0.25, -0.2) is 4.79 Å². The minimum absolute atomic E-state index is 0.00434. The fourth-order valence-electron chi connectivity index (χ4n) is 11.3. The van der Waals surface area contributed by atoms with E-state index < -0.39 is 77.8 Å². The lowest BCUT2D eigenvalue weighted by Gasteiger charge is -2.43. The van der Waals surface area contributed by atoms with Crippen molar-refractivity contribution in [2.24, 2.45) is 35.5 Å². The summed E-state index contributed by atoms with van der Waals surface area (Å²) in [6.45, 7) is 14.2. The third-order valence-corrected chi connectivity index (χ3v) is 16.3. The van der Waals surface area contributed by atoms with Gasteiger partial charge >= 0.3 is 5.97 Å². The molecule has 0 radical (unpaired) electrons. The van der Waals surface area contributed by atoms with Crippen molar-refractivity contribution in [1.82, 2.24) is 10.2 Å². The Morgan fingerprint density at radius 3 is 2.28 bits per heavy atom. The largest absolute Gasteiger partial charge is 0.491 e. The minimum Gasteiger partial charge on any atom is -0.491 e. The molecule has 16 nitrogen and oxygen atoms in total. The molecule has 3 aliphatic heterocycles. The zero-order valence-corrected chi connectivity index (χ0v) is 46.9. The highest BCUT2D eigenvalue weighted by atomic mass is 16.6. The first kappa shape index (κ1) is 62.5. The molecule has 2 saturated heterocycles. The monoisotopic (exact) mass is 1060 g/mol. The fraction of sp³-hybridized carbons (Fsp3) is 0.683. The summed E-state index contributed by atoms with van der Waals surface area (Å²) in [5.74, 6) is -7.41. The zero-order chi connectivity index (χ0) is 55.7. The number of aliphatic hydroxyl groups excluding tert-OH is 2. The smallest absolute Gasteiger partial charge is 0.329 e. The van der Waals surface area contributed by atoms with E-state index in [-0.39, 0.29) is 60.9 Å². The molecular formula is C60H90N2O14. The first-order chi connectivity index (χ1) is 36.2. The average molecular weight is 1060 g/mol. The van der Waals surface area contributed by atoms with Crippen molar-refractivity contribution in [2.75, 3.05) is 41.1 Å². The van der Waals surface area contributed by atoms with E-state index in [4.69, 9.17) is 28.4 Å². The van der Waals surface area contributed by atoms with Crippen molar-refractivity contribution in [3.63, 3.8) is 0 Å². The van der Waals surface area contributed by atoms with Crippen LogP contribution >= 0.6 is 0 Å². The molecule has 1 aliphatic carbocycles. The van der Waals surface area contributed by atoms with Crippen molar-refractivity contribution >= 4 is 29.2 Å². The zero-order valence-electron chi connectivity index (χ0n) is 46.9. The molecule has 76 heavy (non-hydrogen) atoms. The number of fused-ring (bicyclic) bond motifs is 3. The lowest BCUT2D eigenvalue weighted by atomic mass is 9.78. The molecule has 424 valence electrons. The van der Waals surface area contributed by atoms with Crippen LogP contribution in [-0.2, 0) is 54.2 Å². The van der Waals surface area contributed by atoms with Gasteiger partial charge in [0.25, 0.3) is 11.7 Å². The number of rotatable bonds is 12. The van der Waals surface area contributed by atoms with Gasteiger partial charge in [-0.3, -0.25) is 19.2 Å². The Hall–Kier alpha value is -4.39. The molecule has 15 atom stereocenters. The predicted molar refractivity (Wildman–Crippen MR) is 289 cm³/mol. The van der Waals surface area contributed by atoms with Crippen molar-refractivity contribution in [3.05, 3.63) is 77.4 Å². The van der Waals surface area contributed by atoms with E-state index in [2.05, 4.69) is 5.32 Å². The Morgan fingerprint density at radius 1 is 0.842 bits per heavy atom. The van der Waals surface area contributed by atoms with Crippen LogP contribution in [0.1, 0.15) is 131 Å². The van der Waals surface area contributed by atoms with Gasteiger partial charge in [-0.05, 0) is 125 Å². The highest BCUT2D eigenvalue weighted by molar-refractivity contribution is 6.39. The number of amides is 1. The van der Waals surface area contributed by atoms with Gasteiger partial charge in [-0.15, -0.1) is 0 Å². The third kappa shape index (κ3) is 17.3.